The van der Waals surface area contributed by atoms with Gasteiger partial charge in [0.05, 0.1) is 37.3 Å². The van der Waals surface area contributed by atoms with Crippen LogP contribution in [-0.4, -0.2) is 39.5 Å². The van der Waals surface area contributed by atoms with E-state index in [1.165, 1.54) is 29.8 Å². The molecule has 2 aromatic carbocycles. The fourth-order valence-corrected chi connectivity index (χ4v) is 4.17. The highest BCUT2D eigenvalue weighted by molar-refractivity contribution is 6.04. The Bertz CT molecular complexity index is 1420. The number of aromatic nitrogens is 2. The minimum Gasteiger partial charge on any atom is -0.495 e. The largest absolute Gasteiger partial charge is 0.495 e. The van der Waals surface area contributed by atoms with Crippen molar-refractivity contribution in [2.75, 3.05) is 12.4 Å². The first kappa shape index (κ1) is 21.6. The number of pyridine rings is 1. The van der Waals surface area contributed by atoms with Crippen molar-refractivity contribution in [2.45, 2.75) is 18.6 Å². The van der Waals surface area contributed by atoms with Gasteiger partial charge < -0.3 is 20.5 Å². The van der Waals surface area contributed by atoms with Gasteiger partial charge in [0.15, 0.2) is 0 Å². The van der Waals surface area contributed by atoms with Crippen LogP contribution in [0.1, 0.15) is 38.0 Å². The molecule has 2 heterocycles. The summed E-state index contributed by atoms with van der Waals surface area (Å²) in [5, 5.41) is 15.7. The van der Waals surface area contributed by atoms with Crippen LogP contribution in [0.3, 0.4) is 0 Å². The van der Waals surface area contributed by atoms with E-state index in [2.05, 4.69) is 15.6 Å². The second-order valence-corrected chi connectivity index (χ2v) is 8.01. The molecule has 0 radical (unpaired) electrons. The van der Waals surface area contributed by atoms with E-state index in [-0.39, 0.29) is 16.9 Å². The molecule has 0 aliphatic heterocycles. The summed E-state index contributed by atoms with van der Waals surface area (Å²) in [6.07, 6.45) is 2.66. The summed E-state index contributed by atoms with van der Waals surface area (Å²) < 4.78 is 21.2. The lowest BCUT2D eigenvalue weighted by Crippen LogP contribution is -2.34. The third kappa shape index (κ3) is 3.86. The number of amides is 2. The molecule has 0 saturated carbocycles. The number of aliphatic hydroxyl groups is 1. The summed E-state index contributed by atoms with van der Waals surface area (Å²) in [7, 11) is 1.51. The van der Waals surface area contributed by atoms with Crippen LogP contribution in [-0.2, 0) is 6.42 Å². The number of anilines is 1. The standard InChI is InChI=1S/C25H21FN4O4/c1-34-16-7-9-22-27-12-20(30(22)13-16)25(33)28-19-10-15(6-8-18(19)26)24(32)29-23-17-5-3-2-4-14(17)11-21(23)31/h2-10,12-13,21,23,31H,11H2,1H3,(H,28,33)(H,29,32). The van der Waals surface area contributed by atoms with Crippen molar-refractivity contribution in [2.24, 2.45) is 0 Å². The molecule has 34 heavy (non-hydrogen) atoms. The van der Waals surface area contributed by atoms with E-state index < -0.39 is 29.8 Å². The summed E-state index contributed by atoms with van der Waals surface area (Å²) in [4.78, 5) is 29.9. The van der Waals surface area contributed by atoms with Gasteiger partial charge in [-0.25, -0.2) is 9.37 Å². The zero-order chi connectivity index (χ0) is 23.8. The summed E-state index contributed by atoms with van der Waals surface area (Å²) >= 11 is 0. The Hall–Kier alpha value is -4.24. The molecule has 9 heteroatoms. The number of benzene rings is 2. The highest BCUT2D eigenvalue weighted by Crippen LogP contribution is 2.31. The summed E-state index contributed by atoms with van der Waals surface area (Å²) in [5.74, 6) is -1.25. The van der Waals surface area contributed by atoms with Crippen molar-refractivity contribution in [3.8, 4) is 5.75 Å². The topological polar surface area (TPSA) is 105 Å². The number of carbonyl (C=O) groups excluding carboxylic acids is 2. The van der Waals surface area contributed by atoms with Gasteiger partial charge >= 0.3 is 0 Å². The Kier molecular flexibility index (Phi) is 5.46. The summed E-state index contributed by atoms with van der Waals surface area (Å²) in [6, 6.07) is 14.0. The highest BCUT2D eigenvalue weighted by atomic mass is 19.1. The third-order valence-electron chi connectivity index (χ3n) is 5.91. The van der Waals surface area contributed by atoms with Gasteiger partial charge in [-0.2, -0.15) is 0 Å². The molecule has 1 aliphatic rings. The SMILES string of the molecule is COc1ccc2ncc(C(=O)Nc3cc(C(=O)NC4c5ccccc5CC4O)ccc3F)n2c1. The van der Waals surface area contributed by atoms with Crippen LogP contribution >= 0.6 is 0 Å². The molecule has 2 unspecified atom stereocenters. The third-order valence-corrected chi connectivity index (χ3v) is 5.91. The molecule has 172 valence electrons. The van der Waals surface area contributed by atoms with E-state index in [0.717, 1.165) is 17.2 Å². The predicted molar refractivity (Wildman–Crippen MR) is 122 cm³/mol. The van der Waals surface area contributed by atoms with Crippen LogP contribution in [0.15, 0.2) is 67.0 Å². The molecule has 2 amide bonds. The van der Waals surface area contributed by atoms with E-state index in [9.17, 15) is 19.1 Å². The predicted octanol–water partition coefficient (Wildman–Crippen LogP) is 3.12. The number of aliphatic hydroxyl groups excluding tert-OH is 1. The number of halogens is 1. The fraction of sp³-hybridized carbons (Fsp3) is 0.160. The first-order valence-corrected chi connectivity index (χ1v) is 10.6. The monoisotopic (exact) mass is 460 g/mol. The quantitative estimate of drug-likeness (QED) is 0.425. The number of rotatable bonds is 5. The van der Waals surface area contributed by atoms with Crippen LogP contribution in [0.5, 0.6) is 5.75 Å². The number of ether oxygens (including phenoxy) is 1. The molecular weight excluding hydrogens is 439 g/mol. The van der Waals surface area contributed by atoms with Gasteiger partial charge in [0.1, 0.15) is 22.9 Å². The number of imidazole rings is 1. The first-order valence-electron chi connectivity index (χ1n) is 10.6. The van der Waals surface area contributed by atoms with Gasteiger partial charge in [-0.1, -0.05) is 24.3 Å². The van der Waals surface area contributed by atoms with Crippen molar-refractivity contribution in [3.63, 3.8) is 0 Å². The molecule has 0 saturated heterocycles. The van der Waals surface area contributed by atoms with E-state index >= 15 is 0 Å². The molecule has 2 aromatic heterocycles. The van der Waals surface area contributed by atoms with Gasteiger partial charge in [0.25, 0.3) is 11.8 Å². The maximum absolute atomic E-state index is 14.5. The minimum absolute atomic E-state index is 0.146. The second-order valence-electron chi connectivity index (χ2n) is 8.01. The smallest absolute Gasteiger partial charge is 0.274 e. The molecule has 8 nitrogen and oxygen atoms in total. The number of carbonyl (C=O) groups is 2. The number of hydrogen-bond donors (Lipinski definition) is 3. The van der Waals surface area contributed by atoms with Crippen molar-refractivity contribution in [1.29, 1.82) is 0 Å². The summed E-state index contributed by atoms with van der Waals surface area (Å²) in [6.45, 7) is 0. The van der Waals surface area contributed by atoms with Gasteiger partial charge in [-0.15, -0.1) is 0 Å². The van der Waals surface area contributed by atoms with Crippen molar-refractivity contribution in [3.05, 3.63) is 95.2 Å². The minimum atomic E-state index is -0.756. The molecule has 4 aromatic rings. The molecular formula is C25H21FN4O4. The van der Waals surface area contributed by atoms with Crippen molar-refractivity contribution < 1.29 is 23.8 Å². The summed E-state index contributed by atoms with van der Waals surface area (Å²) in [5.41, 5.74) is 2.51. The fourth-order valence-electron chi connectivity index (χ4n) is 4.17. The van der Waals surface area contributed by atoms with E-state index in [1.54, 1.807) is 18.3 Å². The average molecular weight is 460 g/mol. The van der Waals surface area contributed by atoms with Gasteiger partial charge in [0.2, 0.25) is 0 Å². The first-order chi connectivity index (χ1) is 16.4. The van der Waals surface area contributed by atoms with Gasteiger partial charge in [-0.05, 0) is 41.5 Å². The van der Waals surface area contributed by atoms with Crippen LogP contribution in [0.25, 0.3) is 5.65 Å². The van der Waals surface area contributed by atoms with Crippen molar-refractivity contribution in [1.82, 2.24) is 14.7 Å². The van der Waals surface area contributed by atoms with Crippen LogP contribution < -0.4 is 15.4 Å². The lowest BCUT2D eigenvalue weighted by atomic mass is 10.1. The van der Waals surface area contributed by atoms with Gasteiger partial charge in [-0.3, -0.25) is 14.0 Å². The number of hydrogen-bond acceptors (Lipinski definition) is 5. The molecule has 3 N–H and O–H groups in total. The Balaban J connectivity index is 1.37. The van der Waals surface area contributed by atoms with Crippen LogP contribution in [0, 0.1) is 5.82 Å². The number of methoxy groups -OCH3 is 1. The van der Waals surface area contributed by atoms with Gasteiger partial charge in [0, 0.05) is 12.0 Å². The Morgan fingerprint density at radius 3 is 2.79 bits per heavy atom. The van der Waals surface area contributed by atoms with E-state index in [0.29, 0.717) is 17.8 Å². The van der Waals surface area contributed by atoms with E-state index in [1.807, 2.05) is 24.3 Å². The highest BCUT2D eigenvalue weighted by Gasteiger charge is 2.32. The molecule has 0 bridgehead atoms. The number of fused-ring (bicyclic) bond motifs is 2. The maximum Gasteiger partial charge on any atom is 0.274 e. The van der Waals surface area contributed by atoms with Crippen LogP contribution in [0.4, 0.5) is 10.1 Å². The zero-order valence-corrected chi connectivity index (χ0v) is 18.2. The normalized spacial score (nSPS) is 16.8. The molecule has 1 aliphatic carbocycles. The molecule has 0 spiro atoms. The second kappa shape index (κ2) is 8.60. The number of nitrogens with one attached hydrogen (secondary N) is 2. The lowest BCUT2D eigenvalue weighted by Gasteiger charge is -2.18. The maximum atomic E-state index is 14.5. The Morgan fingerprint density at radius 2 is 1.97 bits per heavy atom. The Labute approximate surface area is 194 Å². The zero-order valence-electron chi connectivity index (χ0n) is 18.2. The molecule has 0 fully saturated rings. The van der Waals surface area contributed by atoms with Crippen molar-refractivity contribution >= 4 is 23.1 Å². The Morgan fingerprint density at radius 1 is 1.15 bits per heavy atom. The number of nitrogens with zero attached hydrogens (tertiary/aromatic N) is 2. The lowest BCUT2D eigenvalue weighted by molar-refractivity contribution is 0.0857. The molecule has 2 atom stereocenters. The van der Waals surface area contributed by atoms with Crippen LogP contribution in [0.2, 0.25) is 0 Å². The molecule has 5 rings (SSSR count). The average Bonchev–Trinajstić information content (AvgIpc) is 3.40. The van der Waals surface area contributed by atoms with E-state index in [4.69, 9.17) is 4.74 Å².